The van der Waals surface area contributed by atoms with Gasteiger partial charge in [0.2, 0.25) is 0 Å². The summed E-state index contributed by atoms with van der Waals surface area (Å²) in [4.78, 5) is 10.8. The number of benzene rings is 2. The van der Waals surface area contributed by atoms with Gasteiger partial charge in [-0.15, -0.1) is 0 Å². The van der Waals surface area contributed by atoms with Gasteiger partial charge < -0.3 is 4.74 Å². The summed E-state index contributed by atoms with van der Waals surface area (Å²) in [6.07, 6.45) is 3.98. The Morgan fingerprint density at radius 2 is 1.74 bits per heavy atom. The predicted octanol–water partition coefficient (Wildman–Crippen LogP) is 3.68. The van der Waals surface area contributed by atoms with Crippen LogP contribution in [0.25, 0.3) is 0 Å². The van der Waals surface area contributed by atoms with Crippen molar-refractivity contribution in [1.82, 2.24) is 0 Å². The molecule has 2 aromatic carbocycles. The minimum atomic E-state index is 0.606. The van der Waals surface area contributed by atoms with Crippen molar-refractivity contribution in [2.45, 2.75) is 19.3 Å². The summed E-state index contributed by atoms with van der Waals surface area (Å²) in [6, 6.07) is 16.2. The van der Waals surface area contributed by atoms with Crippen molar-refractivity contribution >= 4 is 6.29 Å². The second kappa shape index (κ2) is 6.74. The van der Waals surface area contributed by atoms with Gasteiger partial charge in [0, 0.05) is 0 Å². The van der Waals surface area contributed by atoms with Crippen LogP contribution in [0, 0.1) is 0 Å². The summed E-state index contributed by atoms with van der Waals surface area (Å²) >= 11 is 0. The molecule has 0 fully saturated rings. The molecular formula is C17H18O2. The largest absolute Gasteiger partial charge is 0.496 e. The van der Waals surface area contributed by atoms with Crippen molar-refractivity contribution < 1.29 is 9.53 Å². The molecule has 0 aliphatic rings. The van der Waals surface area contributed by atoms with Crippen LogP contribution >= 0.6 is 0 Å². The maximum absolute atomic E-state index is 10.8. The number of ether oxygens (including phenoxy) is 1. The van der Waals surface area contributed by atoms with E-state index >= 15 is 0 Å². The summed E-state index contributed by atoms with van der Waals surface area (Å²) in [7, 11) is 1.59. The lowest BCUT2D eigenvalue weighted by Gasteiger charge is -2.07. The molecule has 0 saturated heterocycles. The van der Waals surface area contributed by atoms with Crippen LogP contribution in [0.15, 0.2) is 48.5 Å². The van der Waals surface area contributed by atoms with Gasteiger partial charge in [-0.05, 0) is 42.5 Å². The predicted molar refractivity (Wildman–Crippen MR) is 76.8 cm³/mol. The Labute approximate surface area is 114 Å². The Morgan fingerprint density at radius 1 is 1.00 bits per heavy atom. The second-order valence-corrected chi connectivity index (χ2v) is 4.53. The third kappa shape index (κ3) is 3.68. The molecule has 0 heterocycles. The quantitative estimate of drug-likeness (QED) is 0.735. The van der Waals surface area contributed by atoms with Gasteiger partial charge in [0.05, 0.1) is 12.7 Å². The van der Waals surface area contributed by atoms with E-state index in [2.05, 4.69) is 24.3 Å². The molecule has 0 aliphatic carbocycles. The zero-order valence-electron chi connectivity index (χ0n) is 11.1. The normalized spacial score (nSPS) is 10.2. The van der Waals surface area contributed by atoms with E-state index in [1.165, 1.54) is 11.1 Å². The SMILES string of the molecule is COc1cc(CCCc2ccccc2)ccc1C=O. The third-order valence-electron chi connectivity index (χ3n) is 3.20. The molecule has 0 radical (unpaired) electrons. The highest BCUT2D eigenvalue weighted by Crippen LogP contribution is 2.19. The van der Waals surface area contributed by atoms with Gasteiger partial charge in [-0.2, -0.15) is 0 Å². The molecule has 0 aliphatic heterocycles. The van der Waals surface area contributed by atoms with E-state index in [0.717, 1.165) is 25.5 Å². The van der Waals surface area contributed by atoms with E-state index in [1.807, 2.05) is 24.3 Å². The topological polar surface area (TPSA) is 26.3 Å². The van der Waals surface area contributed by atoms with E-state index in [9.17, 15) is 4.79 Å². The van der Waals surface area contributed by atoms with Crippen molar-refractivity contribution in [3.63, 3.8) is 0 Å². The van der Waals surface area contributed by atoms with E-state index in [-0.39, 0.29) is 0 Å². The summed E-state index contributed by atoms with van der Waals surface area (Å²) in [6.45, 7) is 0. The van der Waals surface area contributed by atoms with Crippen LogP contribution in [0.3, 0.4) is 0 Å². The van der Waals surface area contributed by atoms with Crippen LogP contribution in [0.5, 0.6) is 5.75 Å². The monoisotopic (exact) mass is 254 g/mol. The van der Waals surface area contributed by atoms with E-state index in [4.69, 9.17) is 4.74 Å². The lowest BCUT2D eigenvalue weighted by molar-refractivity contribution is 0.112. The van der Waals surface area contributed by atoms with Crippen LogP contribution < -0.4 is 4.74 Å². The van der Waals surface area contributed by atoms with Crippen LogP contribution in [0.4, 0.5) is 0 Å². The molecule has 0 saturated carbocycles. The van der Waals surface area contributed by atoms with Crippen molar-refractivity contribution in [1.29, 1.82) is 0 Å². The molecule has 19 heavy (non-hydrogen) atoms. The van der Waals surface area contributed by atoms with Gasteiger partial charge in [-0.25, -0.2) is 0 Å². The number of aldehydes is 1. The maximum Gasteiger partial charge on any atom is 0.153 e. The fourth-order valence-corrected chi connectivity index (χ4v) is 2.15. The van der Waals surface area contributed by atoms with Crippen molar-refractivity contribution in [3.05, 3.63) is 65.2 Å². The minimum absolute atomic E-state index is 0.606. The number of rotatable bonds is 6. The lowest BCUT2D eigenvalue weighted by Crippen LogP contribution is -1.94. The number of carbonyl (C=O) groups is 1. The number of hydrogen-bond donors (Lipinski definition) is 0. The number of hydrogen-bond acceptors (Lipinski definition) is 2. The molecule has 2 heteroatoms. The molecule has 2 rings (SSSR count). The van der Waals surface area contributed by atoms with Crippen LogP contribution in [-0.4, -0.2) is 13.4 Å². The average molecular weight is 254 g/mol. The molecule has 0 aromatic heterocycles. The highest BCUT2D eigenvalue weighted by Gasteiger charge is 2.03. The second-order valence-electron chi connectivity index (χ2n) is 4.53. The molecular weight excluding hydrogens is 236 g/mol. The highest BCUT2D eigenvalue weighted by molar-refractivity contribution is 5.79. The van der Waals surface area contributed by atoms with Crippen molar-refractivity contribution in [3.8, 4) is 5.75 Å². The molecule has 0 bridgehead atoms. The molecule has 2 aromatic rings. The van der Waals surface area contributed by atoms with Crippen LogP contribution in [0.2, 0.25) is 0 Å². The van der Waals surface area contributed by atoms with Gasteiger partial charge in [-0.1, -0.05) is 36.4 Å². The smallest absolute Gasteiger partial charge is 0.153 e. The van der Waals surface area contributed by atoms with Gasteiger partial charge >= 0.3 is 0 Å². The molecule has 0 unspecified atom stereocenters. The summed E-state index contributed by atoms with van der Waals surface area (Å²) < 4.78 is 5.21. The fraction of sp³-hybridized carbons (Fsp3) is 0.235. The molecule has 2 nitrogen and oxygen atoms in total. The molecule has 98 valence electrons. The van der Waals surface area contributed by atoms with E-state index < -0.39 is 0 Å². The van der Waals surface area contributed by atoms with Gasteiger partial charge in [-0.3, -0.25) is 4.79 Å². The zero-order chi connectivity index (χ0) is 13.5. The van der Waals surface area contributed by atoms with E-state index in [1.54, 1.807) is 7.11 Å². The van der Waals surface area contributed by atoms with Gasteiger partial charge in [0.15, 0.2) is 6.29 Å². The Bertz CT molecular complexity index is 532. The molecule has 0 atom stereocenters. The number of carbonyl (C=O) groups excluding carboxylic acids is 1. The van der Waals surface area contributed by atoms with Gasteiger partial charge in [0.25, 0.3) is 0 Å². The summed E-state index contributed by atoms with van der Waals surface area (Å²) in [5.74, 6) is 0.659. The zero-order valence-corrected chi connectivity index (χ0v) is 11.1. The Kier molecular flexibility index (Phi) is 4.73. The number of aryl methyl sites for hydroxylation is 2. The summed E-state index contributed by atoms with van der Waals surface area (Å²) in [5.41, 5.74) is 3.17. The van der Waals surface area contributed by atoms with Crippen molar-refractivity contribution in [2.75, 3.05) is 7.11 Å². The van der Waals surface area contributed by atoms with Crippen LogP contribution in [0.1, 0.15) is 27.9 Å². The highest BCUT2D eigenvalue weighted by atomic mass is 16.5. The minimum Gasteiger partial charge on any atom is -0.496 e. The average Bonchev–Trinajstić information content (AvgIpc) is 2.48. The first kappa shape index (κ1) is 13.3. The maximum atomic E-state index is 10.8. The van der Waals surface area contributed by atoms with E-state index in [0.29, 0.717) is 11.3 Å². The Morgan fingerprint density at radius 3 is 2.42 bits per heavy atom. The summed E-state index contributed by atoms with van der Waals surface area (Å²) in [5, 5.41) is 0. The Balaban J connectivity index is 1.94. The van der Waals surface area contributed by atoms with Crippen LogP contribution in [-0.2, 0) is 12.8 Å². The lowest BCUT2D eigenvalue weighted by atomic mass is 10.0. The fourth-order valence-electron chi connectivity index (χ4n) is 2.15. The number of methoxy groups -OCH3 is 1. The standard InChI is InChI=1S/C17H18O2/c1-19-17-12-15(10-11-16(17)13-18)9-5-8-14-6-3-2-4-7-14/h2-4,6-7,10-13H,5,8-9H2,1H3. The first-order valence-electron chi connectivity index (χ1n) is 6.49. The Hall–Kier alpha value is -2.09. The first-order valence-corrected chi connectivity index (χ1v) is 6.49. The molecule has 0 N–H and O–H groups in total. The molecule has 0 spiro atoms. The first-order chi connectivity index (χ1) is 9.33. The third-order valence-corrected chi connectivity index (χ3v) is 3.20. The molecule has 0 amide bonds. The van der Waals surface area contributed by atoms with Crippen molar-refractivity contribution in [2.24, 2.45) is 0 Å². The van der Waals surface area contributed by atoms with Gasteiger partial charge in [0.1, 0.15) is 5.75 Å².